The van der Waals surface area contributed by atoms with Crippen molar-refractivity contribution in [3.8, 4) is 5.75 Å². The summed E-state index contributed by atoms with van der Waals surface area (Å²) in [6.45, 7) is 0. The molecule has 0 spiro atoms. The van der Waals surface area contributed by atoms with Crippen LogP contribution in [0, 0.1) is 0 Å². The van der Waals surface area contributed by atoms with Gasteiger partial charge in [-0.25, -0.2) is 10.2 Å². The molecule has 1 aromatic heterocycles. The summed E-state index contributed by atoms with van der Waals surface area (Å²) in [6, 6.07) is 15.7. The van der Waals surface area contributed by atoms with E-state index in [1.807, 2.05) is 0 Å². The highest BCUT2D eigenvalue weighted by Crippen LogP contribution is 2.14. The fourth-order valence-electron chi connectivity index (χ4n) is 2.11. The van der Waals surface area contributed by atoms with Gasteiger partial charge in [-0.05, 0) is 66.2 Å². The lowest BCUT2D eigenvalue weighted by Crippen LogP contribution is -2.32. The first-order valence-electron chi connectivity index (χ1n) is 8.27. The fraction of sp³-hybridized carbons (Fsp3) is 0. The number of hydrazone groups is 1. The number of furan rings is 1. The molecule has 3 aromatic rings. The maximum absolute atomic E-state index is 11.8. The van der Waals surface area contributed by atoms with Crippen LogP contribution in [0.5, 0.6) is 5.75 Å². The number of nitrogens with one attached hydrogen (secondary N) is 2. The monoisotopic (exact) mass is 411 g/mol. The first-order chi connectivity index (χ1) is 14.0. The average molecular weight is 412 g/mol. The minimum absolute atomic E-state index is 0.0928. The number of hydrogen-bond acceptors (Lipinski definition) is 6. The Morgan fingerprint density at radius 2 is 1.69 bits per heavy atom. The van der Waals surface area contributed by atoms with Crippen molar-refractivity contribution in [3.63, 3.8) is 0 Å². The number of anilines is 1. The number of nitrogens with zero attached hydrogens (tertiary/aromatic N) is 1. The number of benzene rings is 2. The van der Waals surface area contributed by atoms with Gasteiger partial charge in [0.2, 0.25) is 5.76 Å². The van der Waals surface area contributed by atoms with Crippen LogP contribution >= 0.6 is 11.6 Å². The molecule has 2 N–H and O–H groups in total. The van der Waals surface area contributed by atoms with Gasteiger partial charge in [0, 0.05) is 10.7 Å². The average Bonchev–Trinajstić information content (AvgIpc) is 3.26. The van der Waals surface area contributed by atoms with Gasteiger partial charge in [0.15, 0.2) is 0 Å². The van der Waals surface area contributed by atoms with Crippen LogP contribution in [0.4, 0.5) is 5.69 Å². The Morgan fingerprint density at radius 3 is 2.34 bits per heavy atom. The van der Waals surface area contributed by atoms with Crippen molar-refractivity contribution in [1.82, 2.24) is 5.43 Å². The maximum Gasteiger partial charge on any atom is 0.379 e. The summed E-state index contributed by atoms with van der Waals surface area (Å²) in [6.07, 6.45) is 2.71. The van der Waals surface area contributed by atoms with Gasteiger partial charge in [-0.15, -0.1) is 0 Å². The SMILES string of the molecule is O=C(NN=Cc1ccc(OC(=O)c2ccco2)cc1)C(=O)Nc1ccc(Cl)cc1. The second-order valence-electron chi connectivity index (χ2n) is 5.60. The molecule has 0 saturated heterocycles. The Balaban J connectivity index is 1.49. The van der Waals surface area contributed by atoms with Gasteiger partial charge in [0.1, 0.15) is 5.75 Å². The Bertz CT molecular complexity index is 1030. The molecule has 0 atom stereocenters. The van der Waals surface area contributed by atoms with Crippen LogP contribution in [-0.4, -0.2) is 24.0 Å². The van der Waals surface area contributed by atoms with E-state index < -0.39 is 17.8 Å². The van der Waals surface area contributed by atoms with Crippen molar-refractivity contribution in [2.45, 2.75) is 0 Å². The number of carbonyl (C=O) groups is 3. The van der Waals surface area contributed by atoms with Crippen LogP contribution < -0.4 is 15.5 Å². The number of esters is 1. The maximum atomic E-state index is 11.8. The summed E-state index contributed by atoms with van der Waals surface area (Å²) in [4.78, 5) is 35.3. The van der Waals surface area contributed by atoms with Crippen molar-refractivity contribution in [2.24, 2.45) is 5.10 Å². The Labute approximate surface area is 170 Å². The molecule has 9 heteroatoms. The van der Waals surface area contributed by atoms with E-state index >= 15 is 0 Å². The molecule has 0 aliphatic rings. The number of rotatable bonds is 5. The topological polar surface area (TPSA) is 110 Å². The molecule has 0 saturated carbocycles. The Morgan fingerprint density at radius 1 is 0.966 bits per heavy atom. The highest BCUT2D eigenvalue weighted by atomic mass is 35.5. The van der Waals surface area contributed by atoms with Gasteiger partial charge in [-0.2, -0.15) is 5.10 Å². The number of amides is 2. The molecule has 29 heavy (non-hydrogen) atoms. The van der Waals surface area contributed by atoms with Crippen molar-refractivity contribution < 1.29 is 23.5 Å². The van der Waals surface area contributed by atoms with Crippen LogP contribution in [0.25, 0.3) is 0 Å². The third kappa shape index (κ3) is 5.78. The lowest BCUT2D eigenvalue weighted by atomic mass is 10.2. The summed E-state index contributed by atoms with van der Waals surface area (Å²) in [5.74, 6) is -2.01. The van der Waals surface area contributed by atoms with E-state index in [9.17, 15) is 14.4 Å². The first-order valence-corrected chi connectivity index (χ1v) is 8.65. The van der Waals surface area contributed by atoms with Gasteiger partial charge in [-0.1, -0.05) is 11.6 Å². The van der Waals surface area contributed by atoms with E-state index in [1.165, 1.54) is 18.5 Å². The summed E-state index contributed by atoms with van der Waals surface area (Å²) in [5.41, 5.74) is 3.16. The van der Waals surface area contributed by atoms with Crippen molar-refractivity contribution >= 4 is 41.3 Å². The van der Waals surface area contributed by atoms with Gasteiger partial charge in [-0.3, -0.25) is 9.59 Å². The van der Waals surface area contributed by atoms with Gasteiger partial charge < -0.3 is 14.5 Å². The lowest BCUT2D eigenvalue weighted by molar-refractivity contribution is -0.136. The van der Waals surface area contributed by atoms with Crippen LogP contribution in [0.3, 0.4) is 0 Å². The van der Waals surface area contributed by atoms with Gasteiger partial charge in [0.25, 0.3) is 0 Å². The summed E-state index contributed by atoms with van der Waals surface area (Å²) < 4.78 is 10.1. The number of carbonyl (C=O) groups excluding carboxylic acids is 3. The summed E-state index contributed by atoms with van der Waals surface area (Å²) in [5, 5.41) is 6.65. The third-order valence-electron chi connectivity index (χ3n) is 3.50. The van der Waals surface area contributed by atoms with Gasteiger partial charge >= 0.3 is 17.8 Å². The minimum Gasteiger partial charge on any atom is -0.457 e. The van der Waals surface area contributed by atoms with Crippen molar-refractivity contribution in [1.29, 1.82) is 0 Å². The molecule has 2 aromatic carbocycles. The molecule has 0 fully saturated rings. The molecule has 2 amide bonds. The smallest absolute Gasteiger partial charge is 0.379 e. The van der Waals surface area contributed by atoms with Crippen molar-refractivity contribution in [2.75, 3.05) is 5.32 Å². The van der Waals surface area contributed by atoms with E-state index in [0.29, 0.717) is 22.0 Å². The van der Waals surface area contributed by atoms with E-state index in [1.54, 1.807) is 54.6 Å². The van der Waals surface area contributed by atoms with E-state index in [-0.39, 0.29) is 5.76 Å². The minimum atomic E-state index is -0.930. The summed E-state index contributed by atoms with van der Waals surface area (Å²) >= 11 is 5.76. The van der Waals surface area contributed by atoms with Crippen LogP contribution in [0.1, 0.15) is 16.1 Å². The third-order valence-corrected chi connectivity index (χ3v) is 3.75. The predicted octanol–water partition coefficient (Wildman–Crippen LogP) is 3.24. The predicted molar refractivity (Wildman–Crippen MR) is 106 cm³/mol. The molecular formula is C20H14ClN3O5. The highest BCUT2D eigenvalue weighted by Gasteiger charge is 2.13. The van der Waals surface area contributed by atoms with Crippen molar-refractivity contribution in [3.05, 3.63) is 83.3 Å². The zero-order valence-corrected chi connectivity index (χ0v) is 15.6. The van der Waals surface area contributed by atoms with Gasteiger partial charge in [0.05, 0.1) is 12.5 Å². The molecule has 8 nitrogen and oxygen atoms in total. The summed E-state index contributed by atoms with van der Waals surface area (Å²) in [7, 11) is 0. The Kier molecular flexibility index (Phi) is 6.39. The molecule has 0 aliphatic carbocycles. The lowest BCUT2D eigenvalue weighted by Gasteiger charge is -2.04. The quantitative estimate of drug-likeness (QED) is 0.220. The van der Waals surface area contributed by atoms with E-state index in [2.05, 4.69) is 15.8 Å². The molecule has 0 aliphatic heterocycles. The molecular weight excluding hydrogens is 398 g/mol. The molecule has 1 heterocycles. The second kappa shape index (κ2) is 9.34. The van der Waals surface area contributed by atoms with Crippen LogP contribution in [0.15, 0.2) is 76.4 Å². The molecule has 0 radical (unpaired) electrons. The Hall–Kier alpha value is -3.91. The fourth-order valence-corrected chi connectivity index (χ4v) is 2.24. The zero-order chi connectivity index (χ0) is 20.6. The number of halogens is 1. The normalized spacial score (nSPS) is 10.5. The standard InChI is InChI=1S/C20H14ClN3O5/c21-14-5-7-15(8-6-14)23-18(25)19(26)24-22-12-13-3-9-16(10-4-13)29-20(27)17-2-1-11-28-17/h1-12H,(H,23,25)(H,24,26). The highest BCUT2D eigenvalue weighted by molar-refractivity contribution is 6.39. The molecule has 0 unspecified atom stereocenters. The van der Waals surface area contributed by atoms with E-state index in [4.69, 9.17) is 20.8 Å². The van der Waals surface area contributed by atoms with E-state index in [0.717, 1.165) is 0 Å². The molecule has 146 valence electrons. The first kappa shape index (κ1) is 19.8. The number of ether oxygens (including phenoxy) is 1. The molecule has 0 bridgehead atoms. The zero-order valence-electron chi connectivity index (χ0n) is 14.8. The van der Waals surface area contributed by atoms with Crippen LogP contribution in [0.2, 0.25) is 5.02 Å². The second-order valence-corrected chi connectivity index (χ2v) is 6.03. The number of hydrogen-bond donors (Lipinski definition) is 2. The van der Waals surface area contributed by atoms with Crippen LogP contribution in [-0.2, 0) is 9.59 Å². The largest absolute Gasteiger partial charge is 0.457 e. The molecule has 3 rings (SSSR count).